The number of likely N-dealkylation sites (N-methyl/N-ethyl adjacent to an activating group) is 1. The van der Waals surface area contributed by atoms with Gasteiger partial charge in [0.15, 0.2) is 5.78 Å². The lowest BCUT2D eigenvalue weighted by Gasteiger charge is -2.21. The Morgan fingerprint density at radius 2 is 1.78 bits per heavy atom. The zero-order valence-corrected chi connectivity index (χ0v) is 16.5. The van der Waals surface area contributed by atoms with Crippen LogP contribution in [0.2, 0.25) is 5.02 Å². The van der Waals surface area contributed by atoms with Crippen molar-refractivity contribution in [3.63, 3.8) is 0 Å². The van der Waals surface area contributed by atoms with Crippen molar-refractivity contribution in [3.05, 3.63) is 64.7 Å². The highest BCUT2D eigenvalue weighted by atomic mass is 35.5. The maximum atomic E-state index is 12.8. The van der Waals surface area contributed by atoms with Gasteiger partial charge < -0.3 is 15.0 Å². The number of ketones is 1. The van der Waals surface area contributed by atoms with E-state index in [-0.39, 0.29) is 31.3 Å². The minimum Gasteiger partial charge on any atom is -0.450 e. The van der Waals surface area contributed by atoms with Crippen LogP contribution < -0.4 is 10.2 Å². The Kier molecular flexibility index (Phi) is 8.78. The number of rotatable bonds is 6. The molecule has 0 aliphatic rings. The molecular weight excluding hydrogens is 391 g/mol. The number of nitrogens with one attached hydrogen (secondary N) is 1. The number of benzene rings is 2. The normalized spacial score (nSPS) is 9.74. The molecule has 0 atom stereocenters. The first-order valence-electron chi connectivity index (χ1n) is 8.00. The highest BCUT2D eigenvalue weighted by Gasteiger charge is 2.20. The van der Waals surface area contributed by atoms with Crippen molar-refractivity contribution in [1.29, 1.82) is 0 Å². The van der Waals surface area contributed by atoms with Gasteiger partial charge in [-0.05, 0) is 25.1 Å². The first-order chi connectivity index (χ1) is 12.4. The van der Waals surface area contributed by atoms with E-state index in [1.54, 1.807) is 43.3 Å². The molecule has 2 amide bonds. The van der Waals surface area contributed by atoms with Gasteiger partial charge in [-0.25, -0.2) is 4.79 Å². The number of hydrogen-bond acceptors (Lipinski definition) is 4. The van der Waals surface area contributed by atoms with E-state index in [9.17, 15) is 14.4 Å². The van der Waals surface area contributed by atoms with E-state index in [4.69, 9.17) is 16.3 Å². The fourth-order valence-corrected chi connectivity index (χ4v) is 2.48. The van der Waals surface area contributed by atoms with Crippen LogP contribution in [-0.2, 0) is 9.53 Å². The topological polar surface area (TPSA) is 75.7 Å². The molecule has 0 fully saturated rings. The van der Waals surface area contributed by atoms with Gasteiger partial charge >= 0.3 is 6.09 Å². The molecule has 27 heavy (non-hydrogen) atoms. The first-order valence-corrected chi connectivity index (χ1v) is 8.38. The molecule has 0 heterocycles. The smallest absolute Gasteiger partial charge is 0.407 e. The van der Waals surface area contributed by atoms with Crippen LogP contribution in [0, 0.1) is 0 Å². The summed E-state index contributed by atoms with van der Waals surface area (Å²) in [6.07, 6.45) is -0.675. The van der Waals surface area contributed by atoms with Crippen LogP contribution in [0.1, 0.15) is 22.8 Å². The van der Waals surface area contributed by atoms with Gasteiger partial charge in [-0.3, -0.25) is 9.59 Å². The van der Waals surface area contributed by atoms with Crippen LogP contribution >= 0.6 is 24.0 Å². The Bertz CT molecular complexity index is 813. The molecule has 0 bridgehead atoms. The maximum Gasteiger partial charge on any atom is 0.407 e. The van der Waals surface area contributed by atoms with E-state index in [1.165, 1.54) is 18.0 Å². The lowest BCUT2D eigenvalue weighted by molar-refractivity contribution is -0.117. The molecule has 2 aromatic carbocycles. The van der Waals surface area contributed by atoms with Gasteiger partial charge in [0.2, 0.25) is 5.91 Å². The van der Waals surface area contributed by atoms with Crippen LogP contribution in [0.4, 0.5) is 10.5 Å². The van der Waals surface area contributed by atoms with Crippen molar-refractivity contribution in [2.24, 2.45) is 0 Å². The van der Waals surface area contributed by atoms with Crippen LogP contribution in [0.5, 0.6) is 0 Å². The van der Waals surface area contributed by atoms with Crippen LogP contribution in [0.25, 0.3) is 0 Å². The summed E-state index contributed by atoms with van der Waals surface area (Å²) in [7, 11) is 1.53. The van der Waals surface area contributed by atoms with Crippen LogP contribution in [0.3, 0.4) is 0 Å². The summed E-state index contributed by atoms with van der Waals surface area (Å²) in [4.78, 5) is 37.8. The molecule has 0 saturated carbocycles. The largest absolute Gasteiger partial charge is 0.450 e. The fourth-order valence-electron chi connectivity index (χ4n) is 2.31. The summed E-state index contributed by atoms with van der Waals surface area (Å²) in [6.45, 7) is 1.63. The number of nitrogens with zero attached hydrogens (tertiary/aromatic N) is 1. The molecule has 0 spiro atoms. The van der Waals surface area contributed by atoms with Gasteiger partial charge in [-0.2, -0.15) is 0 Å². The van der Waals surface area contributed by atoms with Crippen LogP contribution in [0.15, 0.2) is 48.5 Å². The number of halogens is 2. The van der Waals surface area contributed by atoms with Crippen LogP contribution in [-0.4, -0.2) is 38.0 Å². The van der Waals surface area contributed by atoms with Crippen molar-refractivity contribution in [2.75, 3.05) is 25.1 Å². The van der Waals surface area contributed by atoms with E-state index < -0.39 is 12.0 Å². The summed E-state index contributed by atoms with van der Waals surface area (Å²) in [5, 5.41) is 2.75. The van der Waals surface area contributed by atoms with Crippen molar-refractivity contribution < 1.29 is 19.1 Å². The molecule has 0 aliphatic carbocycles. The third-order valence-electron chi connectivity index (χ3n) is 3.63. The number of carbonyl (C=O) groups excluding carboxylic acids is 3. The van der Waals surface area contributed by atoms with Gasteiger partial charge in [0.25, 0.3) is 0 Å². The second-order valence-corrected chi connectivity index (χ2v) is 5.82. The third-order valence-corrected chi connectivity index (χ3v) is 3.87. The standard InChI is InChI=1S/C19H19ClN2O4.ClH/c1-3-26-19(25)21-12-17(23)22(2)16-10-9-14(20)11-15(16)18(24)13-7-5-4-6-8-13;/h4-11H,3,12H2,1-2H3,(H,21,25);1H. The van der Waals surface area contributed by atoms with Crippen molar-refractivity contribution >= 4 is 47.5 Å². The minimum absolute atomic E-state index is 0. The first kappa shape index (κ1) is 22.5. The number of ether oxygens (including phenoxy) is 1. The van der Waals surface area contributed by atoms with Crippen molar-refractivity contribution in [3.8, 4) is 0 Å². The maximum absolute atomic E-state index is 12.8. The Morgan fingerprint density at radius 3 is 2.41 bits per heavy atom. The second-order valence-electron chi connectivity index (χ2n) is 5.38. The Morgan fingerprint density at radius 1 is 1.11 bits per heavy atom. The number of carbonyl (C=O) groups is 3. The highest BCUT2D eigenvalue weighted by molar-refractivity contribution is 6.31. The van der Waals surface area contributed by atoms with E-state index in [1.807, 2.05) is 6.07 Å². The second kappa shape index (κ2) is 10.5. The summed E-state index contributed by atoms with van der Waals surface area (Å²) < 4.78 is 4.72. The van der Waals surface area contributed by atoms with Gasteiger partial charge in [0.1, 0.15) is 6.54 Å². The molecule has 0 unspecified atom stereocenters. The third kappa shape index (κ3) is 5.98. The lowest BCUT2D eigenvalue weighted by atomic mass is 10.0. The molecule has 8 heteroatoms. The number of alkyl carbamates (subject to hydrolysis) is 1. The SMILES string of the molecule is CCOC(=O)NCC(=O)N(C)c1ccc(Cl)cc1C(=O)c1ccccc1.Cl. The number of anilines is 1. The Hall–Kier alpha value is -2.57. The van der Waals surface area contributed by atoms with Gasteiger partial charge in [0.05, 0.1) is 12.3 Å². The molecule has 0 aliphatic heterocycles. The molecule has 2 rings (SSSR count). The zero-order chi connectivity index (χ0) is 19.1. The zero-order valence-electron chi connectivity index (χ0n) is 14.9. The average molecular weight is 411 g/mol. The highest BCUT2D eigenvalue weighted by Crippen LogP contribution is 2.26. The van der Waals surface area contributed by atoms with E-state index in [0.717, 1.165) is 0 Å². The van der Waals surface area contributed by atoms with E-state index in [0.29, 0.717) is 21.8 Å². The lowest BCUT2D eigenvalue weighted by Crippen LogP contribution is -2.39. The fraction of sp³-hybridized carbons (Fsp3) is 0.211. The summed E-state index contributed by atoms with van der Waals surface area (Å²) >= 11 is 6.04. The summed E-state index contributed by atoms with van der Waals surface area (Å²) in [6, 6.07) is 13.4. The summed E-state index contributed by atoms with van der Waals surface area (Å²) in [5.41, 5.74) is 1.19. The monoisotopic (exact) mass is 410 g/mol. The molecular formula is C19H20Cl2N2O4. The van der Waals surface area contributed by atoms with Gasteiger partial charge in [-0.15, -0.1) is 12.4 Å². The molecule has 0 aromatic heterocycles. The molecule has 0 radical (unpaired) electrons. The minimum atomic E-state index is -0.675. The van der Waals surface area contributed by atoms with Gasteiger partial charge in [0, 0.05) is 23.2 Å². The Labute approximate surface area is 168 Å². The van der Waals surface area contributed by atoms with E-state index >= 15 is 0 Å². The number of hydrogen-bond donors (Lipinski definition) is 1. The van der Waals surface area contributed by atoms with Gasteiger partial charge in [-0.1, -0.05) is 41.9 Å². The molecule has 2 aromatic rings. The average Bonchev–Trinajstić information content (AvgIpc) is 2.65. The quantitative estimate of drug-likeness (QED) is 0.736. The summed E-state index contributed by atoms with van der Waals surface area (Å²) in [5.74, 6) is -0.649. The molecule has 1 N–H and O–H groups in total. The molecule has 144 valence electrons. The molecule has 0 saturated heterocycles. The van der Waals surface area contributed by atoms with E-state index in [2.05, 4.69) is 5.32 Å². The predicted octanol–water partition coefficient (Wildman–Crippen LogP) is 3.70. The Balaban J connectivity index is 0.00000364. The number of amides is 2. The van der Waals surface area contributed by atoms with Crippen molar-refractivity contribution in [1.82, 2.24) is 5.32 Å². The predicted molar refractivity (Wildman–Crippen MR) is 107 cm³/mol. The molecule has 6 nitrogen and oxygen atoms in total. The van der Waals surface area contributed by atoms with Crippen molar-refractivity contribution in [2.45, 2.75) is 6.92 Å².